The lowest BCUT2D eigenvalue weighted by molar-refractivity contribution is 0.0950. The van der Waals surface area contributed by atoms with Crippen molar-refractivity contribution in [3.05, 3.63) is 64.2 Å². The second-order valence-corrected chi connectivity index (χ2v) is 11.0. The van der Waals surface area contributed by atoms with E-state index < -0.39 is 15.6 Å². The first-order valence-electron chi connectivity index (χ1n) is 10.5. The lowest BCUT2D eigenvalue weighted by Crippen LogP contribution is -2.40. The van der Waals surface area contributed by atoms with Crippen molar-refractivity contribution < 1.29 is 13.2 Å². The Hall–Kier alpha value is -1.93. The number of amides is 1. The van der Waals surface area contributed by atoms with Gasteiger partial charge in [0.25, 0.3) is 5.91 Å². The molecule has 2 aromatic carbocycles. The molecule has 1 saturated heterocycles. The molecule has 0 bridgehead atoms. The van der Waals surface area contributed by atoms with Gasteiger partial charge in [0.1, 0.15) is 4.90 Å². The van der Waals surface area contributed by atoms with Gasteiger partial charge >= 0.3 is 0 Å². The number of halogens is 1. The fourth-order valence-electron chi connectivity index (χ4n) is 3.65. The van der Waals surface area contributed by atoms with Gasteiger partial charge in [0.05, 0.1) is 5.02 Å². The fraction of sp³-hybridized carbons (Fsp3) is 0.435. The highest BCUT2D eigenvalue weighted by atomic mass is 35.5. The van der Waals surface area contributed by atoms with E-state index in [1.54, 1.807) is 20.8 Å². The molecular formula is C23H30ClN3O3S. The average Bonchev–Trinajstić information content (AvgIpc) is 3.18. The summed E-state index contributed by atoms with van der Waals surface area (Å²) in [7, 11) is -3.86. The smallest absolute Gasteiger partial charge is 0.251 e. The summed E-state index contributed by atoms with van der Waals surface area (Å²) < 4.78 is 28.0. The van der Waals surface area contributed by atoms with Crippen molar-refractivity contribution >= 4 is 27.5 Å². The average molecular weight is 464 g/mol. The maximum Gasteiger partial charge on any atom is 0.251 e. The third-order valence-corrected chi connectivity index (χ3v) is 7.31. The first kappa shape index (κ1) is 23.7. The highest BCUT2D eigenvalue weighted by Gasteiger charge is 2.25. The van der Waals surface area contributed by atoms with Crippen LogP contribution >= 0.6 is 11.6 Å². The zero-order chi connectivity index (χ0) is 22.6. The number of rotatable bonds is 7. The van der Waals surface area contributed by atoms with Gasteiger partial charge < -0.3 is 5.32 Å². The minimum Gasteiger partial charge on any atom is -0.348 e. The van der Waals surface area contributed by atoms with Crippen LogP contribution in [0.4, 0.5) is 0 Å². The molecule has 168 valence electrons. The van der Waals surface area contributed by atoms with Crippen molar-refractivity contribution in [1.29, 1.82) is 0 Å². The van der Waals surface area contributed by atoms with E-state index >= 15 is 0 Å². The fourth-order valence-corrected chi connectivity index (χ4v) is 5.60. The number of hydrogen-bond donors (Lipinski definition) is 2. The van der Waals surface area contributed by atoms with Crippen molar-refractivity contribution in [3.63, 3.8) is 0 Å². The van der Waals surface area contributed by atoms with E-state index in [1.807, 2.05) is 18.2 Å². The number of nitrogens with zero attached hydrogens (tertiary/aromatic N) is 1. The van der Waals surface area contributed by atoms with Crippen LogP contribution in [0.5, 0.6) is 0 Å². The van der Waals surface area contributed by atoms with Crippen molar-refractivity contribution in [2.75, 3.05) is 13.1 Å². The maximum absolute atomic E-state index is 12.8. The summed E-state index contributed by atoms with van der Waals surface area (Å²) >= 11 is 6.13. The second kappa shape index (κ2) is 9.69. The zero-order valence-electron chi connectivity index (χ0n) is 18.2. The number of likely N-dealkylation sites (tertiary alicyclic amines) is 1. The lowest BCUT2D eigenvalue weighted by atomic mass is 10.1. The molecule has 0 aromatic heterocycles. The minimum absolute atomic E-state index is 0.0734. The first-order chi connectivity index (χ1) is 14.5. The van der Waals surface area contributed by atoms with E-state index in [0.717, 1.165) is 25.2 Å². The number of carbonyl (C=O) groups excluding carboxylic acids is 1. The van der Waals surface area contributed by atoms with Gasteiger partial charge in [-0.2, -0.15) is 0 Å². The number of nitrogens with one attached hydrogen (secondary N) is 2. The molecular weight excluding hydrogens is 434 g/mol. The quantitative estimate of drug-likeness (QED) is 0.651. The first-order valence-corrected chi connectivity index (χ1v) is 12.3. The summed E-state index contributed by atoms with van der Waals surface area (Å²) in [5.41, 5.74) is 1.83. The molecule has 1 fully saturated rings. The van der Waals surface area contributed by atoms with Crippen LogP contribution in [-0.2, 0) is 23.1 Å². The van der Waals surface area contributed by atoms with Gasteiger partial charge in [-0.05, 0) is 76.0 Å². The molecule has 0 saturated carbocycles. The van der Waals surface area contributed by atoms with Crippen LogP contribution in [0.25, 0.3) is 0 Å². The number of sulfonamides is 1. The van der Waals surface area contributed by atoms with Crippen molar-refractivity contribution in [2.24, 2.45) is 0 Å². The summed E-state index contributed by atoms with van der Waals surface area (Å²) in [5, 5.41) is 2.98. The zero-order valence-corrected chi connectivity index (χ0v) is 19.8. The Kier molecular flexibility index (Phi) is 7.42. The molecule has 1 heterocycles. The van der Waals surface area contributed by atoms with E-state index in [2.05, 4.69) is 21.0 Å². The van der Waals surface area contributed by atoms with Crippen LogP contribution in [-0.4, -0.2) is 37.9 Å². The standard InChI is InChI=1S/C23H30ClN3O3S/c1-23(2,3)26-31(29,30)21-14-17(10-11-20(21)24)22(28)25-15-18-8-4-5-9-19(18)16-27-12-6-7-13-27/h4-5,8-11,14,26H,6-7,12-13,15-16H2,1-3H3,(H,25,28). The topological polar surface area (TPSA) is 78.5 Å². The largest absolute Gasteiger partial charge is 0.348 e. The summed E-state index contributed by atoms with van der Waals surface area (Å²) in [6.45, 7) is 8.68. The second-order valence-electron chi connectivity index (χ2n) is 8.94. The highest BCUT2D eigenvalue weighted by molar-refractivity contribution is 7.89. The van der Waals surface area contributed by atoms with E-state index in [4.69, 9.17) is 11.6 Å². The van der Waals surface area contributed by atoms with Crippen LogP contribution in [0.1, 0.15) is 55.1 Å². The van der Waals surface area contributed by atoms with Gasteiger partial charge in [0.2, 0.25) is 10.0 Å². The molecule has 1 aliphatic rings. The molecule has 3 rings (SSSR count). The van der Waals surface area contributed by atoms with Crippen molar-refractivity contribution in [1.82, 2.24) is 14.9 Å². The molecule has 6 nitrogen and oxygen atoms in total. The monoisotopic (exact) mass is 463 g/mol. The molecule has 0 spiro atoms. The maximum atomic E-state index is 12.8. The number of hydrogen-bond acceptors (Lipinski definition) is 4. The minimum atomic E-state index is -3.86. The van der Waals surface area contributed by atoms with Gasteiger partial charge in [0.15, 0.2) is 0 Å². The van der Waals surface area contributed by atoms with Crippen LogP contribution in [0.15, 0.2) is 47.4 Å². The van der Waals surface area contributed by atoms with E-state index in [0.29, 0.717) is 6.54 Å². The van der Waals surface area contributed by atoms with Gasteiger partial charge in [-0.15, -0.1) is 0 Å². The molecule has 31 heavy (non-hydrogen) atoms. The third-order valence-electron chi connectivity index (χ3n) is 5.07. The van der Waals surface area contributed by atoms with E-state index in [-0.39, 0.29) is 21.4 Å². The van der Waals surface area contributed by atoms with E-state index in [9.17, 15) is 13.2 Å². The van der Waals surface area contributed by atoms with Crippen LogP contribution in [0.2, 0.25) is 5.02 Å². The van der Waals surface area contributed by atoms with Gasteiger partial charge in [-0.25, -0.2) is 13.1 Å². The number of benzene rings is 2. The molecule has 0 unspecified atom stereocenters. The Bertz CT molecular complexity index is 1040. The van der Waals surface area contributed by atoms with Crippen LogP contribution in [0.3, 0.4) is 0 Å². The summed E-state index contributed by atoms with van der Waals surface area (Å²) in [5.74, 6) is -0.347. The normalized spacial score (nSPS) is 15.2. The molecule has 2 aromatic rings. The summed E-state index contributed by atoms with van der Waals surface area (Å²) in [4.78, 5) is 15.1. The predicted molar refractivity (Wildman–Crippen MR) is 124 cm³/mol. The van der Waals surface area contributed by atoms with Crippen LogP contribution in [0, 0.1) is 0 Å². The lowest BCUT2D eigenvalue weighted by Gasteiger charge is -2.21. The number of carbonyl (C=O) groups is 1. The van der Waals surface area contributed by atoms with Gasteiger partial charge in [-0.1, -0.05) is 35.9 Å². The SMILES string of the molecule is CC(C)(C)NS(=O)(=O)c1cc(C(=O)NCc2ccccc2CN2CCCC2)ccc1Cl. The molecule has 0 radical (unpaired) electrons. The Labute approximate surface area is 190 Å². The molecule has 0 aliphatic carbocycles. The Morgan fingerprint density at radius 3 is 2.35 bits per heavy atom. The molecule has 1 amide bonds. The molecule has 2 N–H and O–H groups in total. The van der Waals surface area contributed by atoms with Crippen LogP contribution < -0.4 is 10.0 Å². The Balaban J connectivity index is 1.73. The highest BCUT2D eigenvalue weighted by Crippen LogP contribution is 2.24. The third kappa shape index (κ3) is 6.53. The van der Waals surface area contributed by atoms with Gasteiger partial charge in [0, 0.05) is 24.2 Å². The Morgan fingerprint density at radius 2 is 1.71 bits per heavy atom. The van der Waals surface area contributed by atoms with Crippen molar-refractivity contribution in [2.45, 2.75) is 57.1 Å². The summed E-state index contributed by atoms with van der Waals surface area (Å²) in [6.07, 6.45) is 2.45. The predicted octanol–water partition coefficient (Wildman–Crippen LogP) is 3.94. The Morgan fingerprint density at radius 1 is 1.06 bits per heavy atom. The molecule has 1 aliphatic heterocycles. The molecule has 0 atom stereocenters. The van der Waals surface area contributed by atoms with Gasteiger partial charge in [-0.3, -0.25) is 9.69 Å². The summed E-state index contributed by atoms with van der Waals surface area (Å²) in [6, 6.07) is 12.4. The van der Waals surface area contributed by atoms with Crippen molar-refractivity contribution in [3.8, 4) is 0 Å². The van der Waals surface area contributed by atoms with E-state index in [1.165, 1.54) is 36.6 Å². The molecule has 8 heteroatoms.